The van der Waals surface area contributed by atoms with E-state index in [2.05, 4.69) is 0 Å². The molecule has 1 aromatic rings. The summed E-state index contributed by atoms with van der Waals surface area (Å²) in [6, 6.07) is 7.18. The number of thiocarbonyl (C=S) groups is 1. The summed E-state index contributed by atoms with van der Waals surface area (Å²) in [7, 11) is 0. The zero-order valence-corrected chi connectivity index (χ0v) is 11.2. The Morgan fingerprint density at radius 1 is 1.41 bits per heavy atom. The highest BCUT2D eigenvalue weighted by Gasteiger charge is 2.46. The van der Waals surface area contributed by atoms with E-state index in [1.807, 2.05) is 23.1 Å². The molecule has 17 heavy (non-hydrogen) atoms. The van der Waals surface area contributed by atoms with Gasteiger partial charge in [-0.15, -0.1) is 11.8 Å². The molecule has 6 heteroatoms. The Kier molecular flexibility index (Phi) is 2.77. The van der Waals surface area contributed by atoms with Crippen molar-refractivity contribution in [3.63, 3.8) is 0 Å². The van der Waals surface area contributed by atoms with Crippen molar-refractivity contribution in [2.45, 2.75) is 6.04 Å². The van der Waals surface area contributed by atoms with Crippen LogP contribution in [0.2, 0.25) is 5.02 Å². The quantitative estimate of drug-likeness (QED) is 0.739. The molecule has 1 aromatic carbocycles. The minimum absolute atomic E-state index is 0.0353. The van der Waals surface area contributed by atoms with Crippen molar-refractivity contribution < 1.29 is 4.79 Å². The number of hydrogen-bond acceptors (Lipinski definition) is 3. The summed E-state index contributed by atoms with van der Waals surface area (Å²) >= 11 is 13.2. The first kappa shape index (κ1) is 11.3. The molecule has 0 bridgehead atoms. The fourth-order valence-corrected chi connectivity index (χ4v) is 3.89. The molecule has 2 fully saturated rings. The topological polar surface area (TPSA) is 23.6 Å². The molecule has 2 heterocycles. The summed E-state index contributed by atoms with van der Waals surface area (Å²) in [6.45, 7) is 0. The predicted molar refractivity (Wildman–Crippen MR) is 74.5 cm³/mol. The SMILES string of the molecule is O=C1C2CSCN2C(=S)N1c1ccccc1Cl. The number of hydrogen-bond donors (Lipinski definition) is 0. The lowest BCUT2D eigenvalue weighted by Crippen LogP contribution is -2.32. The number of halogens is 1. The lowest BCUT2D eigenvalue weighted by atomic mass is 10.2. The average molecular weight is 285 g/mol. The van der Waals surface area contributed by atoms with Crippen LogP contribution in [0.15, 0.2) is 24.3 Å². The Bertz CT molecular complexity index is 486. The van der Waals surface area contributed by atoms with E-state index in [0.29, 0.717) is 15.8 Å². The molecule has 88 valence electrons. The van der Waals surface area contributed by atoms with Gasteiger partial charge in [-0.2, -0.15) is 0 Å². The molecule has 0 N–H and O–H groups in total. The van der Waals surface area contributed by atoms with Gasteiger partial charge in [-0.3, -0.25) is 9.69 Å². The van der Waals surface area contributed by atoms with Crippen LogP contribution >= 0.6 is 35.6 Å². The van der Waals surface area contributed by atoms with E-state index < -0.39 is 0 Å². The highest BCUT2D eigenvalue weighted by Crippen LogP contribution is 2.35. The minimum atomic E-state index is -0.108. The number of carbonyl (C=O) groups is 1. The second-order valence-electron chi connectivity index (χ2n) is 3.89. The van der Waals surface area contributed by atoms with Gasteiger partial charge in [0.05, 0.1) is 16.6 Å². The van der Waals surface area contributed by atoms with E-state index in [9.17, 15) is 4.79 Å². The molecule has 1 amide bonds. The molecule has 2 saturated heterocycles. The van der Waals surface area contributed by atoms with Gasteiger partial charge in [0.2, 0.25) is 0 Å². The Balaban J connectivity index is 2.03. The second kappa shape index (κ2) is 4.15. The molecule has 2 aliphatic rings. The van der Waals surface area contributed by atoms with Gasteiger partial charge in [-0.1, -0.05) is 23.7 Å². The molecular formula is C11H9ClN2OS2. The highest BCUT2D eigenvalue weighted by atomic mass is 35.5. The zero-order valence-electron chi connectivity index (χ0n) is 8.80. The summed E-state index contributed by atoms with van der Waals surface area (Å²) in [5, 5.41) is 1.12. The molecule has 3 nitrogen and oxygen atoms in total. The van der Waals surface area contributed by atoms with Gasteiger partial charge >= 0.3 is 0 Å². The molecule has 0 radical (unpaired) electrons. The first-order chi connectivity index (χ1) is 8.20. The van der Waals surface area contributed by atoms with Gasteiger partial charge in [-0.05, 0) is 24.4 Å². The minimum Gasteiger partial charge on any atom is -0.326 e. The summed E-state index contributed by atoms with van der Waals surface area (Å²) < 4.78 is 0. The third-order valence-corrected chi connectivity index (χ3v) is 4.67. The van der Waals surface area contributed by atoms with E-state index in [0.717, 1.165) is 11.6 Å². The maximum absolute atomic E-state index is 12.3. The number of fused-ring (bicyclic) bond motifs is 1. The van der Waals surface area contributed by atoms with Crippen LogP contribution in [0.3, 0.4) is 0 Å². The van der Waals surface area contributed by atoms with Crippen LogP contribution in [0.25, 0.3) is 0 Å². The molecule has 0 aliphatic carbocycles. The number of nitrogens with zero attached hydrogens (tertiary/aromatic N) is 2. The molecule has 1 unspecified atom stereocenters. The summed E-state index contributed by atoms with van der Waals surface area (Å²) in [5.74, 6) is 1.63. The van der Waals surface area contributed by atoms with E-state index in [-0.39, 0.29) is 11.9 Å². The molecule has 2 aliphatic heterocycles. The van der Waals surface area contributed by atoms with Crippen molar-refractivity contribution in [2.75, 3.05) is 16.5 Å². The van der Waals surface area contributed by atoms with Crippen LogP contribution in [-0.4, -0.2) is 33.6 Å². The number of rotatable bonds is 1. The van der Waals surface area contributed by atoms with Gasteiger partial charge in [0.1, 0.15) is 6.04 Å². The first-order valence-electron chi connectivity index (χ1n) is 5.17. The van der Waals surface area contributed by atoms with Gasteiger partial charge in [0.15, 0.2) is 5.11 Å². The molecule has 0 saturated carbocycles. The Labute approximate surface area is 114 Å². The lowest BCUT2D eigenvalue weighted by molar-refractivity contribution is -0.118. The first-order valence-corrected chi connectivity index (χ1v) is 7.11. The standard InChI is InChI=1S/C11H9ClN2OS2/c12-7-3-1-2-4-8(7)14-10(15)9-5-17-6-13(9)11(14)16/h1-4,9H,5-6H2. The fraction of sp³-hybridized carbons (Fsp3) is 0.273. The third kappa shape index (κ3) is 1.64. The Morgan fingerprint density at radius 3 is 2.88 bits per heavy atom. The van der Waals surface area contributed by atoms with E-state index >= 15 is 0 Å². The monoisotopic (exact) mass is 284 g/mol. The maximum atomic E-state index is 12.3. The normalized spacial score (nSPS) is 23.5. The smallest absolute Gasteiger partial charge is 0.257 e. The van der Waals surface area contributed by atoms with Crippen molar-refractivity contribution in [1.29, 1.82) is 0 Å². The van der Waals surface area contributed by atoms with Gasteiger partial charge in [-0.25, -0.2) is 0 Å². The Hall–Kier alpha value is -0.780. The van der Waals surface area contributed by atoms with Crippen molar-refractivity contribution >= 4 is 52.3 Å². The van der Waals surface area contributed by atoms with Crippen LogP contribution in [0.4, 0.5) is 5.69 Å². The second-order valence-corrected chi connectivity index (χ2v) is 5.67. The van der Waals surface area contributed by atoms with Gasteiger partial charge in [0, 0.05) is 5.75 Å². The van der Waals surface area contributed by atoms with E-state index in [1.54, 1.807) is 22.7 Å². The van der Waals surface area contributed by atoms with Gasteiger partial charge < -0.3 is 4.90 Å². The zero-order chi connectivity index (χ0) is 12.0. The Morgan fingerprint density at radius 2 is 2.18 bits per heavy atom. The number of carbonyl (C=O) groups excluding carboxylic acids is 1. The average Bonchev–Trinajstić information content (AvgIpc) is 2.87. The number of amides is 1. The van der Waals surface area contributed by atoms with Crippen LogP contribution in [-0.2, 0) is 4.79 Å². The maximum Gasteiger partial charge on any atom is 0.257 e. The fourth-order valence-electron chi connectivity index (χ4n) is 2.06. The van der Waals surface area contributed by atoms with E-state index in [4.69, 9.17) is 23.8 Å². The van der Waals surface area contributed by atoms with Crippen molar-refractivity contribution in [2.24, 2.45) is 0 Å². The molecule has 1 atom stereocenters. The van der Waals surface area contributed by atoms with Crippen LogP contribution in [0.5, 0.6) is 0 Å². The van der Waals surface area contributed by atoms with Crippen LogP contribution in [0.1, 0.15) is 0 Å². The van der Waals surface area contributed by atoms with Crippen molar-refractivity contribution in [1.82, 2.24) is 4.90 Å². The molecule has 0 aromatic heterocycles. The lowest BCUT2D eigenvalue weighted by Gasteiger charge is -2.19. The molecule has 0 spiro atoms. The third-order valence-electron chi connectivity index (χ3n) is 2.92. The highest BCUT2D eigenvalue weighted by molar-refractivity contribution is 7.99. The van der Waals surface area contributed by atoms with Crippen molar-refractivity contribution in [3.05, 3.63) is 29.3 Å². The predicted octanol–water partition coefficient (Wildman–Crippen LogP) is 2.35. The van der Waals surface area contributed by atoms with Crippen LogP contribution in [0, 0.1) is 0 Å². The van der Waals surface area contributed by atoms with E-state index in [1.165, 1.54) is 0 Å². The summed E-state index contributed by atoms with van der Waals surface area (Å²) in [6.07, 6.45) is 0. The summed E-state index contributed by atoms with van der Waals surface area (Å²) in [5.41, 5.74) is 0.684. The molecule has 3 rings (SSSR count). The van der Waals surface area contributed by atoms with Crippen LogP contribution < -0.4 is 4.90 Å². The number of thioether (sulfide) groups is 1. The van der Waals surface area contributed by atoms with Gasteiger partial charge in [0.25, 0.3) is 5.91 Å². The summed E-state index contributed by atoms with van der Waals surface area (Å²) in [4.78, 5) is 15.8. The number of para-hydroxylation sites is 1. The molecular weight excluding hydrogens is 276 g/mol. The largest absolute Gasteiger partial charge is 0.326 e. The number of anilines is 1. The van der Waals surface area contributed by atoms with Crippen molar-refractivity contribution in [3.8, 4) is 0 Å². The number of benzene rings is 1.